The van der Waals surface area contributed by atoms with Gasteiger partial charge in [0.25, 0.3) is 0 Å². The summed E-state index contributed by atoms with van der Waals surface area (Å²) >= 11 is 7.31. The molecule has 0 saturated heterocycles. The molecule has 0 spiro atoms. The molecule has 0 aliphatic heterocycles. The van der Waals surface area contributed by atoms with Gasteiger partial charge >= 0.3 is 0 Å². The van der Waals surface area contributed by atoms with Gasteiger partial charge in [-0.25, -0.2) is 9.37 Å². The predicted octanol–water partition coefficient (Wildman–Crippen LogP) is 4.23. The van der Waals surface area contributed by atoms with Gasteiger partial charge in [0.05, 0.1) is 17.4 Å². The highest BCUT2D eigenvalue weighted by molar-refractivity contribution is 7.99. The van der Waals surface area contributed by atoms with Crippen molar-refractivity contribution in [2.45, 2.75) is 18.1 Å². The summed E-state index contributed by atoms with van der Waals surface area (Å²) in [5.41, 5.74) is 1.19. The summed E-state index contributed by atoms with van der Waals surface area (Å²) in [5, 5.41) is 10.6. The first kappa shape index (κ1) is 18.4. The van der Waals surface area contributed by atoms with Crippen molar-refractivity contribution in [2.75, 3.05) is 5.75 Å². The van der Waals surface area contributed by atoms with E-state index in [4.69, 9.17) is 11.6 Å². The number of hydrogen-bond acceptors (Lipinski definition) is 4. The molecule has 0 fully saturated rings. The van der Waals surface area contributed by atoms with Crippen molar-refractivity contribution in [3.63, 3.8) is 0 Å². The zero-order valence-corrected chi connectivity index (χ0v) is 15.4. The van der Waals surface area contributed by atoms with Crippen molar-refractivity contribution < 1.29 is 9.18 Å². The molecule has 1 heterocycles. The quantitative estimate of drug-likeness (QED) is 0.618. The summed E-state index contributed by atoms with van der Waals surface area (Å²) in [5.74, 6) is -0.0785. The van der Waals surface area contributed by atoms with Gasteiger partial charge in [-0.15, -0.1) is 5.10 Å². The van der Waals surface area contributed by atoms with E-state index in [1.165, 1.54) is 17.8 Å². The fourth-order valence-corrected chi connectivity index (χ4v) is 3.31. The van der Waals surface area contributed by atoms with Crippen LogP contribution in [0.15, 0.2) is 53.7 Å². The van der Waals surface area contributed by atoms with Gasteiger partial charge in [-0.05, 0) is 30.7 Å². The first-order chi connectivity index (χ1) is 12.5. The number of aromatic amines is 1. The summed E-state index contributed by atoms with van der Waals surface area (Å²) in [4.78, 5) is 16.4. The Hall–Kier alpha value is -2.38. The minimum atomic E-state index is -0.383. The zero-order valence-electron chi connectivity index (χ0n) is 13.9. The molecule has 1 aromatic heterocycles. The normalized spacial score (nSPS) is 12.0. The van der Waals surface area contributed by atoms with Crippen molar-refractivity contribution in [2.24, 2.45) is 0 Å². The highest BCUT2D eigenvalue weighted by atomic mass is 35.5. The van der Waals surface area contributed by atoms with E-state index in [0.29, 0.717) is 21.6 Å². The fraction of sp³-hybridized carbons (Fsp3) is 0.167. The molecule has 0 bridgehead atoms. The third kappa shape index (κ3) is 4.42. The van der Waals surface area contributed by atoms with Crippen LogP contribution in [-0.4, -0.2) is 26.8 Å². The molecule has 134 valence electrons. The lowest BCUT2D eigenvalue weighted by Gasteiger charge is -2.15. The summed E-state index contributed by atoms with van der Waals surface area (Å²) < 4.78 is 13.8. The standard InChI is InChI=1S/C18H16ClFN4OS/c1-11(12-6-2-4-8-14(12)19)21-16(25)10-26-18-22-17(23-24-18)13-7-3-5-9-15(13)20/h2-9,11H,10H2,1H3,(H,21,25)(H,22,23,24). The largest absolute Gasteiger partial charge is 0.349 e. The highest BCUT2D eigenvalue weighted by Gasteiger charge is 2.14. The van der Waals surface area contributed by atoms with Crippen molar-refractivity contribution in [1.82, 2.24) is 20.5 Å². The van der Waals surface area contributed by atoms with Gasteiger partial charge in [0.1, 0.15) is 5.82 Å². The number of H-pyrrole nitrogens is 1. The minimum Gasteiger partial charge on any atom is -0.349 e. The minimum absolute atomic E-state index is 0.142. The molecule has 1 atom stereocenters. The van der Waals surface area contributed by atoms with E-state index in [-0.39, 0.29) is 23.5 Å². The summed E-state index contributed by atoms with van der Waals surface area (Å²) in [6.45, 7) is 1.87. The second-order valence-corrected chi connectivity index (χ2v) is 6.90. The highest BCUT2D eigenvalue weighted by Crippen LogP contribution is 2.23. The molecular formula is C18H16ClFN4OS. The molecule has 2 aromatic carbocycles. The zero-order chi connectivity index (χ0) is 18.5. The monoisotopic (exact) mass is 390 g/mol. The molecule has 0 aliphatic rings. The molecule has 1 unspecified atom stereocenters. The smallest absolute Gasteiger partial charge is 0.230 e. The van der Waals surface area contributed by atoms with Gasteiger partial charge in [0, 0.05) is 5.02 Å². The van der Waals surface area contributed by atoms with Crippen LogP contribution in [0.25, 0.3) is 11.4 Å². The van der Waals surface area contributed by atoms with E-state index < -0.39 is 0 Å². The number of carbonyl (C=O) groups excluding carboxylic acids is 1. The van der Waals surface area contributed by atoms with Crippen LogP contribution >= 0.6 is 23.4 Å². The molecule has 3 aromatic rings. The van der Waals surface area contributed by atoms with Gasteiger partial charge in [-0.3, -0.25) is 9.89 Å². The Balaban J connectivity index is 1.57. The molecule has 5 nitrogen and oxygen atoms in total. The fourth-order valence-electron chi connectivity index (χ4n) is 2.40. The third-order valence-corrected chi connectivity index (χ3v) is 4.87. The first-order valence-corrected chi connectivity index (χ1v) is 9.25. The SMILES string of the molecule is CC(NC(=O)CSc1n[nH]c(-c2ccccc2F)n1)c1ccccc1Cl. The van der Waals surface area contributed by atoms with E-state index in [9.17, 15) is 9.18 Å². The van der Waals surface area contributed by atoms with E-state index in [1.54, 1.807) is 24.3 Å². The first-order valence-electron chi connectivity index (χ1n) is 7.88. The van der Waals surface area contributed by atoms with E-state index in [2.05, 4.69) is 20.5 Å². The number of hydrogen-bond donors (Lipinski definition) is 2. The third-order valence-electron chi connectivity index (χ3n) is 3.68. The molecule has 0 radical (unpaired) electrons. The summed E-state index contributed by atoms with van der Waals surface area (Å²) in [6, 6.07) is 13.5. The van der Waals surface area contributed by atoms with E-state index >= 15 is 0 Å². The molecule has 26 heavy (non-hydrogen) atoms. The average molecular weight is 391 g/mol. The number of nitrogens with one attached hydrogen (secondary N) is 2. The Morgan fingerprint density at radius 1 is 1.27 bits per heavy atom. The number of rotatable bonds is 6. The van der Waals surface area contributed by atoms with Crippen LogP contribution in [0, 0.1) is 5.82 Å². The Bertz CT molecular complexity index is 917. The Kier molecular flexibility index (Phi) is 5.90. The Labute approximate surface area is 159 Å². The molecule has 0 saturated carbocycles. The maximum Gasteiger partial charge on any atom is 0.230 e. The molecule has 3 rings (SSSR count). The Morgan fingerprint density at radius 2 is 2.00 bits per heavy atom. The van der Waals surface area contributed by atoms with Gasteiger partial charge in [-0.1, -0.05) is 53.7 Å². The van der Waals surface area contributed by atoms with Crippen LogP contribution in [0.3, 0.4) is 0 Å². The Morgan fingerprint density at radius 3 is 2.77 bits per heavy atom. The summed E-state index contributed by atoms with van der Waals surface area (Å²) in [6.07, 6.45) is 0. The van der Waals surface area contributed by atoms with Gasteiger partial charge < -0.3 is 5.32 Å². The van der Waals surface area contributed by atoms with Crippen molar-refractivity contribution in [3.8, 4) is 11.4 Å². The van der Waals surface area contributed by atoms with Crippen LogP contribution in [-0.2, 0) is 4.79 Å². The van der Waals surface area contributed by atoms with Crippen LogP contribution in [0.1, 0.15) is 18.5 Å². The van der Waals surface area contributed by atoms with E-state index in [1.807, 2.05) is 25.1 Å². The lowest BCUT2D eigenvalue weighted by molar-refractivity contribution is -0.119. The van der Waals surface area contributed by atoms with Gasteiger partial charge in [0.2, 0.25) is 11.1 Å². The maximum atomic E-state index is 13.8. The van der Waals surface area contributed by atoms with Crippen molar-refractivity contribution in [1.29, 1.82) is 0 Å². The second kappa shape index (κ2) is 8.33. The van der Waals surface area contributed by atoms with E-state index in [0.717, 1.165) is 5.56 Å². The topological polar surface area (TPSA) is 70.7 Å². The van der Waals surface area contributed by atoms with Crippen molar-refractivity contribution in [3.05, 3.63) is 64.9 Å². The number of thioether (sulfide) groups is 1. The number of nitrogens with zero attached hydrogens (tertiary/aromatic N) is 2. The van der Waals surface area contributed by atoms with Crippen LogP contribution in [0.4, 0.5) is 4.39 Å². The van der Waals surface area contributed by atoms with Crippen LogP contribution < -0.4 is 5.32 Å². The van der Waals surface area contributed by atoms with Gasteiger partial charge in [-0.2, -0.15) is 0 Å². The van der Waals surface area contributed by atoms with Crippen molar-refractivity contribution >= 4 is 29.3 Å². The predicted molar refractivity (Wildman–Crippen MR) is 101 cm³/mol. The lowest BCUT2D eigenvalue weighted by Crippen LogP contribution is -2.28. The summed E-state index contributed by atoms with van der Waals surface area (Å²) in [7, 11) is 0. The number of halogens is 2. The number of benzene rings is 2. The van der Waals surface area contributed by atoms with Crippen LogP contribution in [0.5, 0.6) is 0 Å². The number of carbonyl (C=O) groups is 1. The van der Waals surface area contributed by atoms with Crippen LogP contribution in [0.2, 0.25) is 5.02 Å². The molecule has 0 aliphatic carbocycles. The van der Waals surface area contributed by atoms with Gasteiger partial charge in [0.15, 0.2) is 5.82 Å². The number of aromatic nitrogens is 3. The molecule has 1 amide bonds. The number of amides is 1. The molecular weight excluding hydrogens is 375 g/mol. The lowest BCUT2D eigenvalue weighted by atomic mass is 10.1. The maximum absolute atomic E-state index is 13.8. The molecule has 2 N–H and O–H groups in total. The second-order valence-electron chi connectivity index (χ2n) is 5.55. The average Bonchev–Trinajstić information content (AvgIpc) is 3.09. The molecule has 8 heteroatoms.